The first-order valence-electron chi connectivity index (χ1n) is 5.97. The van der Waals surface area contributed by atoms with E-state index in [0.29, 0.717) is 11.5 Å². The molecular weight excluding hydrogens is 292 g/mol. The summed E-state index contributed by atoms with van der Waals surface area (Å²) >= 11 is 5.75. The monoisotopic (exact) mass is 300 g/mol. The molecule has 21 heavy (non-hydrogen) atoms. The largest absolute Gasteiger partial charge is 0.319 e. The van der Waals surface area contributed by atoms with E-state index >= 15 is 0 Å². The maximum atomic E-state index is 12.0. The Morgan fingerprint density at radius 3 is 2.81 bits per heavy atom. The minimum atomic E-state index is -0.354. The first kappa shape index (κ1) is 13.2. The van der Waals surface area contributed by atoms with Crippen molar-refractivity contribution in [1.29, 1.82) is 0 Å². The van der Waals surface area contributed by atoms with Crippen LogP contribution in [0.15, 0.2) is 49.2 Å². The molecule has 0 aliphatic rings. The molecule has 0 aromatic carbocycles. The third-order valence-electron chi connectivity index (χ3n) is 2.61. The van der Waals surface area contributed by atoms with Crippen molar-refractivity contribution >= 4 is 23.2 Å². The Balaban J connectivity index is 1.75. The van der Waals surface area contributed by atoms with E-state index in [4.69, 9.17) is 11.6 Å². The lowest BCUT2D eigenvalue weighted by Crippen LogP contribution is -2.14. The van der Waals surface area contributed by atoms with Crippen LogP contribution in [-0.4, -0.2) is 30.6 Å². The van der Waals surface area contributed by atoms with Crippen LogP contribution in [-0.2, 0) is 0 Å². The molecule has 104 valence electrons. The number of nitrogens with zero attached hydrogens (tertiary/aromatic N) is 5. The highest BCUT2D eigenvalue weighted by Crippen LogP contribution is 2.11. The average molecular weight is 301 g/mol. The molecule has 8 heteroatoms. The Labute approximate surface area is 124 Å². The van der Waals surface area contributed by atoms with Gasteiger partial charge in [0.15, 0.2) is 5.82 Å². The van der Waals surface area contributed by atoms with E-state index in [2.05, 4.69) is 25.4 Å². The van der Waals surface area contributed by atoms with Crippen molar-refractivity contribution in [2.75, 3.05) is 5.32 Å². The second-order valence-corrected chi connectivity index (χ2v) is 4.43. The van der Waals surface area contributed by atoms with Crippen molar-refractivity contribution in [3.63, 3.8) is 0 Å². The summed E-state index contributed by atoms with van der Waals surface area (Å²) < 4.78 is 1.52. The van der Waals surface area contributed by atoms with Gasteiger partial charge in [0.2, 0.25) is 0 Å². The highest BCUT2D eigenvalue weighted by atomic mass is 35.5. The summed E-state index contributed by atoms with van der Waals surface area (Å²) in [4.78, 5) is 24.0. The van der Waals surface area contributed by atoms with E-state index in [1.807, 2.05) is 0 Å². The summed E-state index contributed by atoms with van der Waals surface area (Å²) in [6.45, 7) is 0. The maximum Gasteiger partial charge on any atom is 0.274 e. The zero-order chi connectivity index (χ0) is 14.7. The first-order valence-corrected chi connectivity index (χ1v) is 6.35. The van der Waals surface area contributed by atoms with Crippen LogP contribution in [0, 0.1) is 0 Å². The summed E-state index contributed by atoms with van der Waals surface area (Å²) in [6, 6.07) is 8.28. The van der Waals surface area contributed by atoms with E-state index in [0.717, 1.165) is 0 Å². The summed E-state index contributed by atoms with van der Waals surface area (Å²) in [5.41, 5.74) is 0.786. The fourth-order valence-electron chi connectivity index (χ4n) is 1.65. The lowest BCUT2D eigenvalue weighted by molar-refractivity contribution is 0.102. The minimum absolute atomic E-state index is 0.239. The van der Waals surface area contributed by atoms with Gasteiger partial charge in [-0.25, -0.2) is 19.6 Å². The van der Waals surface area contributed by atoms with Gasteiger partial charge in [-0.2, -0.15) is 5.10 Å². The number of amides is 1. The topological polar surface area (TPSA) is 85.6 Å². The number of hydrogen-bond donors (Lipinski definition) is 1. The van der Waals surface area contributed by atoms with Crippen LogP contribution < -0.4 is 5.32 Å². The van der Waals surface area contributed by atoms with Gasteiger partial charge in [0.1, 0.15) is 23.5 Å². The van der Waals surface area contributed by atoms with Gasteiger partial charge in [-0.05, 0) is 24.3 Å². The zero-order valence-corrected chi connectivity index (χ0v) is 11.4. The molecule has 0 aliphatic carbocycles. The van der Waals surface area contributed by atoms with Crippen LogP contribution in [0.1, 0.15) is 10.5 Å². The minimum Gasteiger partial charge on any atom is -0.319 e. The van der Waals surface area contributed by atoms with Crippen molar-refractivity contribution in [3.05, 3.63) is 60.0 Å². The van der Waals surface area contributed by atoms with Gasteiger partial charge >= 0.3 is 0 Å². The quantitative estimate of drug-likeness (QED) is 0.747. The molecule has 0 aliphatic heterocycles. The number of nitrogens with one attached hydrogen (secondary N) is 1. The number of carbonyl (C=O) groups is 1. The Hall–Kier alpha value is -2.80. The summed E-state index contributed by atoms with van der Waals surface area (Å²) in [5.74, 6) is 0.249. The molecule has 3 aromatic rings. The number of hydrogen-bond acceptors (Lipinski definition) is 5. The molecule has 3 heterocycles. The molecule has 0 radical (unpaired) electrons. The van der Waals surface area contributed by atoms with Gasteiger partial charge in [0.25, 0.3) is 5.91 Å². The maximum absolute atomic E-state index is 12.0. The normalized spacial score (nSPS) is 10.3. The lowest BCUT2D eigenvalue weighted by Gasteiger charge is -2.05. The van der Waals surface area contributed by atoms with Crippen molar-refractivity contribution in [3.8, 4) is 5.82 Å². The fourth-order valence-corrected chi connectivity index (χ4v) is 1.82. The second-order valence-electron chi connectivity index (χ2n) is 4.04. The van der Waals surface area contributed by atoms with Crippen LogP contribution in [0.25, 0.3) is 5.82 Å². The van der Waals surface area contributed by atoms with Crippen molar-refractivity contribution < 1.29 is 4.79 Å². The molecular formula is C13H9ClN6O. The van der Waals surface area contributed by atoms with Crippen LogP contribution >= 0.6 is 11.6 Å². The highest BCUT2D eigenvalue weighted by molar-refractivity contribution is 6.29. The molecule has 0 saturated carbocycles. The third-order valence-corrected chi connectivity index (χ3v) is 2.82. The fraction of sp³-hybridized carbons (Fsp3) is 0. The summed E-state index contributed by atoms with van der Waals surface area (Å²) in [6.07, 6.45) is 4.48. The summed E-state index contributed by atoms with van der Waals surface area (Å²) in [7, 11) is 0. The Kier molecular flexibility index (Phi) is 3.57. The SMILES string of the molecule is O=C(Nc1ccc(-n2cncn2)nc1)c1cccc(Cl)n1. The molecule has 0 unspecified atom stereocenters. The van der Waals surface area contributed by atoms with Gasteiger partial charge in [0, 0.05) is 0 Å². The predicted octanol–water partition coefficient (Wildman–Crippen LogP) is 1.96. The molecule has 7 nitrogen and oxygen atoms in total. The molecule has 0 spiro atoms. The van der Waals surface area contributed by atoms with E-state index in [9.17, 15) is 4.79 Å². The molecule has 1 N–H and O–H groups in total. The van der Waals surface area contributed by atoms with Crippen LogP contribution in [0.4, 0.5) is 5.69 Å². The molecule has 3 rings (SSSR count). The molecule has 3 aromatic heterocycles. The number of pyridine rings is 2. The molecule has 0 fully saturated rings. The lowest BCUT2D eigenvalue weighted by atomic mass is 10.3. The number of carbonyl (C=O) groups excluding carboxylic acids is 1. The molecule has 1 amide bonds. The Morgan fingerprint density at radius 2 is 2.14 bits per heavy atom. The molecule has 0 bridgehead atoms. The van der Waals surface area contributed by atoms with Crippen molar-refractivity contribution in [2.45, 2.75) is 0 Å². The van der Waals surface area contributed by atoms with Gasteiger partial charge in [-0.3, -0.25) is 4.79 Å². The Morgan fingerprint density at radius 1 is 1.24 bits per heavy atom. The Bertz CT molecular complexity index is 757. The molecule has 0 saturated heterocycles. The third kappa shape index (κ3) is 3.03. The zero-order valence-electron chi connectivity index (χ0n) is 10.6. The number of halogens is 1. The van der Waals surface area contributed by atoms with Crippen LogP contribution in [0.2, 0.25) is 5.15 Å². The molecule has 0 atom stereocenters. The number of aromatic nitrogens is 5. The van der Waals surface area contributed by atoms with Crippen LogP contribution in [0.3, 0.4) is 0 Å². The van der Waals surface area contributed by atoms with E-state index in [-0.39, 0.29) is 16.8 Å². The summed E-state index contributed by atoms with van der Waals surface area (Å²) in [5, 5.41) is 6.92. The average Bonchev–Trinajstić information content (AvgIpc) is 3.02. The van der Waals surface area contributed by atoms with E-state index in [1.165, 1.54) is 23.5 Å². The van der Waals surface area contributed by atoms with Gasteiger partial charge in [-0.15, -0.1) is 0 Å². The van der Waals surface area contributed by atoms with Gasteiger partial charge in [-0.1, -0.05) is 17.7 Å². The van der Waals surface area contributed by atoms with Crippen LogP contribution in [0.5, 0.6) is 0 Å². The smallest absolute Gasteiger partial charge is 0.274 e. The number of rotatable bonds is 3. The van der Waals surface area contributed by atoms with Gasteiger partial charge in [0.05, 0.1) is 11.9 Å². The highest BCUT2D eigenvalue weighted by Gasteiger charge is 2.08. The number of anilines is 1. The first-order chi connectivity index (χ1) is 10.2. The predicted molar refractivity (Wildman–Crippen MR) is 76.4 cm³/mol. The van der Waals surface area contributed by atoms with Crippen molar-refractivity contribution in [1.82, 2.24) is 24.7 Å². The second kappa shape index (κ2) is 5.68. The van der Waals surface area contributed by atoms with E-state index < -0.39 is 0 Å². The standard InChI is InChI=1S/C13H9ClN6O/c14-11-3-1-2-10(19-11)13(21)18-9-4-5-12(16-6-9)20-8-15-7-17-20/h1-8H,(H,18,21). The van der Waals surface area contributed by atoms with Crippen molar-refractivity contribution in [2.24, 2.45) is 0 Å². The van der Waals surface area contributed by atoms with E-state index in [1.54, 1.807) is 30.3 Å². The van der Waals surface area contributed by atoms with Gasteiger partial charge < -0.3 is 5.32 Å².